The molecule has 2 aromatic carbocycles. The Bertz CT molecular complexity index is 1200. The number of ether oxygens (including phenoxy) is 2. The Morgan fingerprint density at radius 1 is 1.03 bits per heavy atom. The average molecular weight is 488 g/mol. The summed E-state index contributed by atoms with van der Waals surface area (Å²) in [6, 6.07) is 17.5. The zero-order valence-electron chi connectivity index (χ0n) is 21.1. The van der Waals surface area contributed by atoms with Crippen LogP contribution in [0.3, 0.4) is 0 Å². The predicted molar refractivity (Wildman–Crippen MR) is 142 cm³/mol. The van der Waals surface area contributed by atoms with Crippen molar-refractivity contribution < 1.29 is 19.1 Å². The van der Waals surface area contributed by atoms with E-state index in [4.69, 9.17) is 9.47 Å². The Morgan fingerprint density at radius 2 is 1.81 bits per heavy atom. The van der Waals surface area contributed by atoms with Crippen LogP contribution in [-0.2, 0) is 16.0 Å². The van der Waals surface area contributed by atoms with Crippen LogP contribution in [0.4, 0.5) is 11.5 Å². The number of para-hydroxylation sites is 1. The van der Waals surface area contributed by atoms with E-state index in [-0.39, 0.29) is 17.8 Å². The molecule has 0 aliphatic carbocycles. The van der Waals surface area contributed by atoms with Crippen LogP contribution in [0.5, 0.6) is 5.75 Å². The van der Waals surface area contributed by atoms with E-state index in [1.54, 1.807) is 19.4 Å². The van der Waals surface area contributed by atoms with Gasteiger partial charge in [-0.1, -0.05) is 31.2 Å². The molecule has 1 fully saturated rings. The quantitative estimate of drug-likeness (QED) is 0.432. The number of esters is 1. The zero-order valence-corrected chi connectivity index (χ0v) is 21.1. The van der Waals surface area contributed by atoms with Gasteiger partial charge in [-0.25, -0.2) is 4.98 Å². The van der Waals surface area contributed by atoms with Gasteiger partial charge in [0.1, 0.15) is 11.6 Å². The largest absolute Gasteiger partial charge is 0.496 e. The topological polar surface area (TPSA) is 80.8 Å². The number of hydrogen-bond acceptors (Lipinski definition) is 6. The summed E-state index contributed by atoms with van der Waals surface area (Å²) in [4.78, 5) is 31.6. The van der Waals surface area contributed by atoms with Crippen molar-refractivity contribution in [2.75, 3.05) is 37.0 Å². The van der Waals surface area contributed by atoms with Crippen molar-refractivity contribution >= 4 is 23.4 Å². The number of benzene rings is 2. The number of carbonyl (C=O) groups is 2. The van der Waals surface area contributed by atoms with Crippen molar-refractivity contribution in [3.63, 3.8) is 0 Å². The molecule has 0 spiro atoms. The summed E-state index contributed by atoms with van der Waals surface area (Å²) in [5.74, 6) is 1.22. The highest BCUT2D eigenvalue weighted by atomic mass is 16.5. The van der Waals surface area contributed by atoms with Gasteiger partial charge in [0.15, 0.2) is 0 Å². The van der Waals surface area contributed by atoms with Crippen LogP contribution >= 0.6 is 0 Å². The van der Waals surface area contributed by atoms with E-state index in [0.717, 1.165) is 55.0 Å². The predicted octanol–water partition coefficient (Wildman–Crippen LogP) is 5.35. The van der Waals surface area contributed by atoms with Crippen LogP contribution in [0.15, 0.2) is 60.8 Å². The molecular formula is C29H33N3O4. The molecule has 7 nitrogen and oxygen atoms in total. The Balaban J connectivity index is 1.44. The minimum Gasteiger partial charge on any atom is -0.496 e. The van der Waals surface area contributed by atoms with Gasteiger partial charge in [0, 0.05) is 30.5 Å². The first-order chi connectivity index (χ1) is 17.5. The maximum atomic E-state index is 13.0. The Kier molecular flexibility index (Phi) is 8.21. The standard InChI is InChI=1S/C29H33N3O4/c1-4-20-10-12-23(18-25(20)24-8-6-7-9-26(24)35-3)31-28(33)22-11-13-27(30-19-22)32-16-14-21(15-17-32)29(34)36-5-2/h6-13,18-19,21H,4-5,14-17H2,1-3H3,(H,31,33). The maximum absolute atomic E-state index is 13.0. The minimum absolute atomic E-state index is 0.0499. The van der Waals surface area contributed by atoms with E-state index in [2.05, 4.69) is 22.1 Å². The summed E-state index contributed by atoms with van der Waals surface area (Å²) < 4.78 is 10.7. The number of nitrogens with one attached hydrogen (secondary N) is 1. The molecule has 0 saturated carbocycles. The minimum atomic E-state index is -0.217. The first-order valence-corrected chi connectivity index (χ1v) is 12.5. The van der Waals surface area contributed by atoms with Crippen molar-refractivity contribution in [1.82, 2.24) is 4.98 Å². The third kappa shape index (κ3) is 5.67. The van der Waals surface area contributed by atoms with Crippen molar-refractivity contribution in [3.05, 3.63) is 71.9 Å². The Hall–Kier alpha value is -3.87. The molecule has 1 N–H and O–H groups in total. The molecule has 7 heteroatoms. The number of hydrogen-bond donors (Lipinski definition) is 1. The molecule has 188 valence electrons. The van der Waals surface area contributed by atoms with Crippen molar-refractivity contribution in [2.45, 2.75) is 33.1 Å². The first-order valence-electron chi connectivity index (χ1n) is 12.5. The smallest absolute Gasteiger partial charge is 0.309 e. The van der Waals surface area contributed by atoms with Crippen LogP contribution in [0.2, 0.25) is 0 Å². The van der Waals surface area contributed by atoms with Gasteiger partial charge in [-0.3, -0.25) is 9.59 Å². The number of pyridine rings is 1. The van der Waals surface area contributed by atoms with Crippen LogP contribution in [0.1, 0.15) is 42.6 Å². The van der Waals surface area contributed by atoms with Crippen LogP contribution < -0.4 is 15.0 Å². The lowest BCUT2D eigenvalue weighted by Gasteiger charge is -2.31. The number of carbonyl (C=O) groups excluding carboxylic acids is 2. The van der Waals surface area contributed by atoms with Gasteiger partial charge in [-0.15, -0.1) is 0 Å². The fourth-order valence-electron chi connectivity index (χ4n) is 4.60. The van der Waals surface area contributed by atoms with Gasteiger partial charge < -0.3 is 19.7 Å². The summed E-state index contributed by atoms with van der Waals surface area (Å²) in [6.45, 7) is 5.82. The van der Waals surface area contributed by atoms with Crippen molar-refractivity contribution in [3.8, 4) is 16.9 Å². The van der Waals surface area contributed by atoms with E-state index in [1.165, 1.54) is 5.56 Å². The maximum Gasteiger partial charge on any atom is 0.309 e. The van der Waals surface area contributed by atoms with E-state index < -0.39 is 0 Å². The van der Waals surface area contributed by atoms with Crippen molar-refractivity contribution in [1.29, 1.82) is 0 Å². The second-order valence-electron chi connectivity index (χ2n) is 8.80. The normalized spacial score (nSPS) is 13.8. The molecular weight excluding hydrogens is 454 g/mol. The Labute approximate surface area is 212 Å². The second kappa shape index (κ2) is 11.7. The molecule has 1 aliphatic rings. The van der Waals surface area contributed by atoms with Gasteiger partial charge in [0.05, 0.1) is 25.2 Å². The molecule has 0 atom stereocenters. The van der Waals surface area contributed by atoms with Crippen LogP contribution in [-0.4, -0.2) is 43.7 Å². The van der Waals surface area contributed by atoms with E-state index in [9.17, 15) is 9.59 Å². The van der Waals surface area contributed by atoms with E-state index >= 15 is 0 Å². The number of aromatic nitrogens is 1. The summed E-state index contributed by atoms with van der Waals surface area (Å²) in [5, 5.41) is 3.00. The number of anilines is 2. The molecule has 1 saturated heterocycles. The molecule has 0 unspecified atom stereocenters. The molecule has 0 radical (unpaired) electrons. The van der Waals surface area contributed by atoms with Gasteiger partial charge in [0.2, 0.25) is 0 Å². The fraction of sp³-hybridized carbons (Fsp3) is 0.345. The number of nitrogens with zero attached hydrogens (tertiary/aromatic N) is 2. The average Bonchev–Trinajstić information content (AvgIpc) is 2.93. The SMILES string of the molecule is CCOC(=O)C1CCN(c2ccc(C(=O)Nc3ccc(CC)c(-c4ccccc4OC)c3)cn2)CC1. The number of methoxy groups -OCH3 is 1. The monoisotopic (exact) mass is 487 g/mol. The lowest BCUT2D eigenvalue weighted by atomic mass is 9.96. The molecule has 4 rings (SSSR count). The number of aryl methyl sites for hydroxylation is 1. The molecule has 0 bridgehead atoms. The van der Waals surface area contributed by atoms with E-state index in [0.29, 0.717) is 17.9 Å². The second-order valence-corrected chi connectivity index (χ2v) is 8.80. The highest BCUT2D eigenvalue weighted by Gasteiger charge is 2.26. The zero-order chi connectivity index (χ0) is 25.5. The highest BCUT2D eigenvalue weighted by molar-refractivity contribution is 6.04. The Morgan fingerprint density at radius 3 is 2.47 bits per heavy atom. The third-order valence-electron chi connectivity index (χ3n) is 6.59. The van der Waals surface area contributed by atoms with Gasteiger partial charge in [-0.05, 0) is 67.6 Å². The highest BCUT2D eigenvalue weighted by Crippen LogP contribution is 2.34. The van der Waals surface area contributed by atoms with Gasteiger partial charge in [0.25, 0.3) is 5.91 Å². The fourth-order valence-corrected chi connectivity index (χ4v) is 4.60. The molecule has 2 heterocycles. The summed E-state index contributed by atoms with van der Waals surface area (Å²) in [5.41, 5.74) is 4.40. The van der Waals surface area contributed by atoms with Gasteiger partial charge in [-0.2, -0.15) is 0 Å². The first kappa shape index (κ1) is 25.2. The molecule has 1 aliphatic heterocycles. The molecule has 36 heavy (non-hydrogen) atoms. The lowest BCUT2D eigenvalue weighted by Crippen LogP contribution is -2.37. The summed E-state index contributed by atoms with van der Waals surface area (Å²) in [6.07, 6.45) is 3.95. The number of rotatable bonds is 8. The molecule has 1 aromatic heterocycles. The number of amides is 1. The summed E-state index contributed by atoms with van der Waals surface area (Å²) in [7, 11) is 1.66. The lowest BCUT2D eigenvalue weighted by molar-refractivity contribution is -0.148. The van der Waals surface area contributed by atoms with E-state index in [1.807, 2.05) is 55.5 Å². The third-order valence-corrected chi connectivity index (χ3v) is 6.59. The van der Waals surface area contributed by atoms with Gasteiger partial charge >= 0.3 is 5.97 Å². The van der Waals surface area contributed by atoms with Crippen LogP contribution in [0.25, 0.3) is 11.1 Å². The van der Waals surface area contributed by atoms with Crippen LogP contribution in [0, 0.1) is 5.92 Å². The number of piperidine rings is 1. The molecule has 3 aromatic rings. The van der Waals surface area contributed by atoms with Crippen molar-refractivity contribution in [2.24, 2.45) is 5.92 Å². The molecule has 1 amide bonds. The summed E-state index contributed by atoms with van der Waals surface area (Å²) >= 11 is 0.